The van der Waals surface area contributed by atoms with E-state index in [2.05, 4.69) is 61.6 Å². The van der Waals surface area contributed by atoms with Gasteiger partial charge < -0.3 is 0 Å². The molecule has 0 nitrogen and oxygen atoms in total. The van der Waals surface area contributed by atoms with Crippen LogP contribution in [0.5, 0.6) is 0 Å². The van der Waals surface area contributed by atoms with E-state index >= 15 is 0 Å². The summed E-state index contributed by atoms with van der Waals surface area (Å²) in [7, 11) is 0. The molecule has 0 radical (unpaired) electrons. The molecule has 0 spiro atoms. The highest BCUT2D eigenvalue weighted by atomic mass is 14.2. The zero-order chi connectivity index (χ0) is 9.80. The molecule has 1 aliphatic rings. The third-order valence-electron chi connectivity index (χ3n) is 2.87. The highest BCUT2D eigenvalue weighted by molar-refractivity contribution is 5.27. The second kappa shape index (κ2) is 4.28. The predicted molar refractivity (Wildman–Crippen MR) is 61.2 cm³/mol. The van der Waals surface area contributed by atoms with Gasteiger partial charge in [0.1, 0.15) is 0 Å². The van der Waals surface area contributed by atoms with Crippen molar-refractivity contribution in [2.45, 2.75) is 19.3 Å². The third-order valence-corrected chi connectivity index (χ3v) is 2.87. The lowest BCUT2D eigenvalue weighted by Crippen LogP contribution is -2.05. The van der Waals surface area contributed by atoms with Gasteiger partial charge in [0, 0.05) is 5.92 Å². The Morgan fingerprint density at radius 1 is 1.07 bits per heavy atom. The maximum absolute atomic E-state index is 2.32. The normalized spacial score (nSPS) is 26.1. The fraction of sp³-hybridized carbons (Fsp3) is 0.286. The molecule has 1 aliphatic carbocycles. The molecular weight excluding hydrogens is 168 g/mol. The molecule has 0 saturated heterocycles. The molecule has 72 valence electrons. The van der Waals surface area contributed by atoms with Gasteiger partial charge in [0.25, 0.3) is 0 Å². The minimum Gasteiger partial charge on any atom is -0.0842 e. The molecular formula is C14H16. The van der Waals surface area contributed by atoms with E-state index in [9.17, 15) is 0 Å². The summed E-state index contributed by atoms with van der Waals surface area (Å²) in [5.74, 6) is 1.28. The van der Waals surface area contributed by atoms with E-state index in [-0.39, 0.29) is 0 Å². The van der Waals surface area contributed by atoms with Crippen molar-refractivity contribution in [3.05, 3.63) is 60.2 Å². The smallest absolute Gasteiger partial charge is 0.00496 e. The van der Waals surface area contributed by atoms with Crippen molar-refractivity contribution >= 4 is 0 Å². The van der Waals surface area contributed by atoms with Gasteiger partial charge in [0.15, 0.2) is 0 Å². The average molecular weight is 184 g/mol. The molecule has 0 heteroatoms. The minimum atomic E-state index is 0.575. The summed E-state index contributed by atoms with van der Waals surface area (Å²) >= 11 is 0. The molecule has 0 N–H and O–H groups in total. The van der Waals surface area contributed by atoms with Crippen LogP contribution in [0.25, 0.3) is 0 Å². The number of benzene rings is 1. The number of rotatable bonds is 1. The van der Waals surface area contributed by atoms with Gasteiger partial charge in [-0.25, -0.2) is 0 Å². The topological polar surface area (TPSA) is 0 Å². The highest BCUT2D eigenvalue weighted by Gasteiger charge is 2.15. The van der Waals surface area contributed by atoms with Gasteiger partial charge in [0.2, 0.25) is 0 Å². The molecule has 0 amide bonds. The zero-order valence-electron chi connectivity index (χ0n) is 8.56. The van der Waals surface area contributed by atoms with E-state index in [0.29, 0.717) is 11.8 Å². The maximum atomic E-state index is 2.32. The summed E-state index contributed by atoms with van der Waals surface area (Å²) < 4.78 is 0. The lowest BCUT2D eigenvalue weighted by atomic mass is 9.86. The minimum absolute atomic E-state index is 0.575. The quantitative estimate of drug-likeness (QED) is 0.620. The van der Waals surface area contributed by atoms with Crippen molar-refractivity contribution in [1.29, 1.82) is 0 Å². The number of allylic oxidation sites excluding steroid dienone is 4. The second-order valence-corrected chi connectivity index (χ2v) is 3.96. The van der Waals surface area contributed by atoms with Gasteiger partial charge >= 0.3 is 0 Å². The van der Waals surface area contributed by atoms with Crippen LogP contribution in [0, 0.1) is 5.92 Å². The van der Waals surface area contributed by atoms with E-state index in [1.165, 1.54) is 12.0 Å². The molecule has 0 saturated carbocycles. The van der Waals surface area contributed by atoms with Crippen molar-refractivity contribution in [3.63, 3.8) is 0 Å². The average Bonchev–Trinajstić information content (AvgIpc) is 2.44. The fourth-order valence-corrected chi connectivity index (χ4v) is 2.01. The monoisotopic (exact) mass is 184 g/mol. The van der Waals surface area contributed by atoms with Crippen molar-refractivity contribution in [2.24, 2.45) is 5.92 Å². The van der Waals surface area contributed by atoms with E-state index in [1.54, 1.807) is 0 Å². The summed E-state index contributed by atoms with van der Waals surface area (Å²) in [5.41, 5.74) is 1.43. The molecule has 0 fully saturated rings. The van der Waals surface area contributed by atoms with Gasteiger partial charge in [0.05, 0.1) is 0 Å². The van der Waals surface area contributed by atoms with E-state index in [0.717, 1.165) is 0 Å². The third kappa shape index (κ3) is 1.95. The Bertz CT molecular complexity index is 332. The number of hydrogen-bond acceptors (Lipinski definition) is 0. The van der Waals surface area contributed by atoms with Crippen LogP contribution in [-0.4, -0.2) is 0 Å². The Morgan fingerprint density at radius 3 is 2.64 bits per heavy atom. The Balaban J connectivity index is 2.25. The van der Waals surface area contributed by atoms with Crippen molar-refractivity contribution in [2.75, 3.05) is 0 Å². The van der Waals surface area contributed by atoms with Crippen LogP contribution in [0.15, 0.2) is 54.6 Å². The van der Waals surface area contributed by atoms with E-state index in [1.807, 2.05) is 0 Å². The summed E-state index contributed by atoms with van der Waals surface area (Å²) in [5, 5.41) is 0. The lowest BCUT2D eigenvalue weighted by Gasteiger charge is -2.18. The van der Waals surface area contributed by atoms with Gasteiger partial charge in [-0.1, -0.05) is 61.6 Å². The molecule has 2 unspecified atom stereocenters. The van der Waals surface area contributed by atoms with Crippen molar-refractivity contribution in [3.8, 4) is 0 Å². The zero-order valence-corrected chi connectivity index (χ0v) is 8.56. The first-order valence-corrected chi connectivity index (χ1v) is 5.26. The molecule has 1 aromatic carbocycles. The summed E-state index contributed by atoms with van der Waals surface area (Å²) in [4.78, 5) is 0. The van der Waals surface area contributed by atoms with E-state index in [4.69, 9.17) is 0 Å². The second-order valence-electron chi connectivity index (χ2n) is 3.96. The molecule has 0 aliphatic heterocycles. The fourth-order valence-electron chi connectivity index (χ4n) is 2.01. The van der Waals surface area contributed by atoms with Crippen LogP contribution < -0.4 is 0 Å². The number of hydrogen-bond donors (Lipinski definition) is 0. The molecule has 2 atom stereocenters. The Labute approximate surface area is 86.0 Å². The lowest BCUT2D eigenvalue weighted by molar-refractivity contribution is 0.534. The van der Waals surface area contributed by atoms with Crippen molar-refractivity contribution in [1.82, 2.24) is 0 Å². The first-order chi connectivity index (χ1) is 6.88. The first-order valence-electron chi connectivity index (χ1n) is 5.26. The predicted octanol–water partition coefficient (Wildman–Crippen LogP) is 3.92. The van der Waals surface area contributed by atoms with Gasteiger partial charge in [-0.2, -0.15) is 0 Å². The van der Waals surface area contributed by atoms with Crippen LogP contribution in [-0.2, 0) is 0 Å². The Morgan fingerprint density at radius 2 is 1.86 bits per heavy atom. The summed E-state index contributed by atoms with van der Waals surface area (Å²) in [6.07, 6.45) is 10.1. The molecule has 2 rings (SSSR count). The standard InChI is InChI=1S/C14H16/c1-12-8-4-2-7-11-14(12)13-9-5-3-6-10-13/h2-7,9-12,14H,8H2,1H3. The Kier molecular flexibility index (Phi) is 2.83. The Hall–Kier alpha value is -1.30. The van der Waals surface area contributed by atoms with Crippen LogP contribution in [0.3, 0.4) is 0 Å². The highest BCUT2D eigenvalue weighted by Crippen LogP contribution is 2.29. The van der Waals surface area contributed by atoms with Crippen LogP contribution in [0.4, 0.5) is 0 Å². The molecule has 0 aromatic heterocycles. The van der Waals surface area contributed by atoms with Crippen molar-refractivity contribution < 1.29 is 0 Å². The molecule has 14 heavy (non-hydrogen) atoms. The molecule has 0 bridgehead atoms. The van der Waals surface area contributed by atoms with Crippen LogP contribution in [0.1, 0.15) is 24.8 Å². The van der Waals surface area contributed by atoms with Gasteiger partial charge in [-0.3, -0.25) is 0 Å². The van der Waals surface area contributed by atoms with Gasteiger partial charge in [-0.15, -0.1) is 0 Å². The van der Waals surface area contributed by atoms with E-state index < -0.39 is 0 Å². The van der Waals surface area contributed by atoms with Crippen LogP contribution in [0.2, 0.25) is 0 Å². The summed E-state index contributed by atoms with van der Waals surface area (Å²) in [6.45, 7) is 2.32. The maximum Gasteiger partial charge on any atom is 0.00496 e. The molecule has 1 aromatic rings. The van der Waals surface area contributed by atoms with Crippen LogP contribution >= 0.6 is 0 Å². The molecule has 0 heterocycles. The largest absolute Gasteiger partial charge is 0.0842 e. The van der Waals surface area contributed by atoms with Gasteiger partial charge in [-0.05, 0) is 17.9 Å². The summed E-state index contributed by atoms with van der Waals surface area (Å²) in [6, 6.07) is 10.8. The first kappa shape index (κ1) is 9.26. The SMILES string of the molecule is CC1CC=CC=CC1c1ccccc1.